The summed E-state index contributed by atoms with van der Waals surface area (Å²) in [5, 5.41) is 25.8. The Hall–Kier alpha value is -0.100. The zero-order valence-corrected chi connectivity index (χ0v) is 6.82. The van der Waals surface area contributed by atoms with E-state index >= 15 is 0 Å². The second-order valence-corrected chi connectivity index (χ2v) is 2.87. The van der Waals surface area contributed by atoms with Crippen LogP contribution >= 0.6 is 12.6 Å². The monoisotopic (exact) mass is 180 g/mol. The maximum atomic E-state index is 9.87. The number of hydrogen-bond acceptors (Lipinski definition) is 5. The minimum atomic E-state index is -1.16. The van der Waals surface area contributed by atoms with E-state index in [-0.39, 0.29) is 13.0 Å². The summed E-state index contributed by atoms with van der Waals surface area (Å²) in [5.74, 6) is 0. The van der Waals surface area contributed by atoms with E-state index in [4.69, 9.17) is 15.3 Å². The van der Waals surface area contributed by atoms with E-state index in [0.717, 1.165) is 0 Å². The summed E-state index contributed by atoms with van der Waals surface area (Å²) >= 11 is 3.78. The highest BCUT2D eigenvalue weighted by Crippen LogP contribution is 2.07. The third-order valence-corrected chi connectivity index (χ3v) is 1.78. The molecule has 0 aliphatic heterocycles. The molecule has 0 saturated carbocycles. The SMILES string of the molecule is O=CC[C@@H](O)[C@H](O)[C@H](S)CO. The molecule has 0 bridgehead atoms. The fraction of sp³-hybridized carbons (Fsp3) is 0.833. The number of aliphatic hydroxyl groups excluding tert-OH is 3. The number of aliphatic hydroxyl groups is 3. The molecule has 0 heterocycles. The van der Waals surface area contributed by atoms with Crippen LogP contribution in [-0.2, 0) is 4.79 Å². The molecule has 0 aromatic rings. The molecule has 5 heteroatoms. The molecule has 0 amide bonds. The van der Waals surface area contributed by atoms with Gasteiger partial charge in [0.2, 0.25) is 0 Å². The Bertz CT molecular complexity index is 119. The molecule has 0 rings (SSSR count). The maximum Gasteiger partial charge on any atom is 0.122 e. The smallest absolute Gasteiger partial charge is 0.122 e. The maximum absolute atomic E-state index is 9.87. The Morgan fingerprint density at radius 2 is 2.00 bits per heavy atom. The average Bonchev–Trinajstić information content (AvgIpc) is 2.02. The first kappa shape index (κ1) is 10.9. The van der Waals surface area contributed by atoms with Gasteiger partial charge in [0.25, 0.3) is 0 Å². The summed E-state index contributed by atoms with van der Waals surface area (Å²) in [6.45, 7) is -0.333. The zero-order valence-electron chi connectivity index (χ0n) is 5.92. The van der Waals surface area contributed by atoms with Crippen molar-refractivity contribution in [1.29, 1.82) is 0 Å². The van der Waals surface area contributed by atoms with E-state index in [2.05, 4.69) is 12.6 Å². The third kappa shape index (κ3) is 3.71. The summed E-state index contributed by atoms with van der Waals surface area (Å²) < 4.78 is 0. The summed E-state index contributed by atoms with van der Waals surface area (Å²) in [4.78, 5) is 9.87. The van der Waals surface area contributed by atoms with Gasteiger partial charge in [0, 0.05) is 6.42 Å². The number of carbonyl (C=O) groups excluding carboxylic acids is 1. The highest BCUT2D eigenvalue weighted by atomic mass is 32.1. The van der Waals surface area contributed by atoms with Crippen LogP contribution in [0.2, 0.25) is 0 Å². The van der Waals surface area contributed by atoms with E-state index in [0.29, 0.717) is 6.29 Å². The van der Waals surface area contributed by atoms with Crippen LogP contribution in [0.1, 0.15) is 6.42 Å². The molecule has 0 radical (unpaired) electrons. The second-order valence-electron chi connectivity index (χ2n) is 2.21. The molecule has 0 fully saturated rings. The van der Waals surface area contributed by atoms with Crippen molar-refractivity contribution in [2.24, 2.45) is 0 Å². The minimum Gasteiger partial charge on any atom is -0.395 e. The van der Waals surface area contributed by atoms with Crippen molar-refractivity contribution in [3.63, 3.8) is 0 Å². The molecule has 3 atom stereocenters. The fourth-order valence-corrected chi connectivity index (χ4v) is 0.801. The largest absolute Gasteiger partial charge is 0.395 e. The van der Waals surface area contributed by atoms with Gasteiger partial charge in [0.15, 0.2) is 0 Å². The zero-order chi connectivity index (χ0) is 8.85. The first-order valence-electron chi connectivity index (χ1n) is 3.22. The molecular weight excluding hydrogens is 168 g/mol. The lowest BCUT2D eigenvalue weighted by molar-refractivity contribution is -0.111. The Morgan fingerprint density at radius 1 is 1.45 bits per heavy atom. The van der Waals surface area contributed by atoms with Gasteiger partial charge in [0.05, 0.1) is 24.1 Å². The molecule has 0 aromatic heterocycles. The van der Waals surface area contributed by atoms with Crippen LogP contribution < -0.4 is 0 Å². The molecule has 66 valence electrons. The average molecular weight is 180 g/mol. The molecule has 0 saturated heterocycles. The van der Waals surface area contributed by atoms with Gasteiger partial charge in [-0.05, 0) is 0 Å². The van der Waals surface area contributed by atoms with Gasteiger partial charge in [-0.25, -0.2) is 0 Å². The first-order valence-corrected chi connectivity index (χ1v) is 3.73. The molecule has 3 N–H and O–H groups in total. The molecular formula is C6H12O4S. The lowest BCUT2D eigenvalue weighted by Crippen LogP contribution is -2.36. The van der Waals surface area contributed by atoms with Crippen molar-refractivity contribution >= 4 is 18.9 Å². The Kier molecular flexibility index (Phi) is 5.49. The number of hydrogen-bond donors (Lipinski definition) is 4. The van der Waals surface area contributed by atoms with Crippen molar-refractivity contribution in [2.75, 3.05) is 6.61 Å². The fourth-order valence-electron chi connectivity index (χ4n) is 0.602. The molecule has 0 aliphatic rings. The van der Waals surface area contributed by atoms with Crippen LogP contribution in [0.4, 0.5) is 0 Å². The van der Waals surface area contributed by atoms with Crippen molar-refractivity contribution in [1.82, 2.24) is 0 Å². The topological polar surface area (TPSA) is 77.8 Å². The van der Waals surface area contributed by atoms with Gasteiger partial charge < -0.3 is 20.1 Å². The number of aldehydes is 1. The third-order valence-electron chi connectivity index (χ3n) is 1.31. The van der Waals surface area contributed by atoms with E-state index in [9.17, 15) is 4.79 Å². The van der Waals surface area contributed by atoms with Crippen molar-refractivity contribution < 1.29 is 20.1 Å². The predicted octanol–water partition coefficient (Wildman–Crippen LogP) is -1.41. The standard InChI is InChI=1S/C6H12O4S/c7-2-1-4(9)6(10)5(11)3-8/h2,4-6,8-11H,1,3H2/t4-,5-,6+/m1/s1. The highest BCUT2D eigenvalue weighted by molar-refractivity contribution is 7.81. The van der Waals surface area contributed by atoms with Crippen LogP contribution in [-0.4, -0.2) is 45.7 Å². The Labute approximate surface area is 70.3 Å². The van der Waals surface area contributed by atoms with E-state index < -0.39 is 17.5 Å². The molecule has 0 spiro atoms. The van der Waals surface area contributed by atoms with E-state index in [1.54, 1.807) is 0 Å². The van der Waals surface area contributed by atoms with Crippen molar-refractivity contribution in [3.05, 3.63) is 0 Å². The molecule has 0 aromatic carbocycles. The molecule has 11 heavy (non-hydrogen) atoms. The first-order chi connectivity index (χ1) is 5.13. The predicted molar refractivity (Wildman–Crippen MR) is 42.6 cm³/mol. The van der Waals surface area contributed by atoms with Gasteiger partial charge in [0.1, 0.15) is 6.29 Å². The van der Waals surface area contributed by atoms with Crippen molar-refractivity contribution in [3.8, 4) is 0 Å². The van der Waals surface area contributed by atoms with Gasteiger partial charge >= 0.3 is 0 Å². The molecule has 4 nitrogen and oxygen atoms in total. The second kappa shape index (κ2) is 5.54. The van der Waals surface area contributed by atoms with Crippen LogP contribution in [0.3, 0.4) is 0 Å². The van der Waals surface area contributed by atoms with E-state index in [1.165, 1.54) is 0 Å². The van der Waals surface area contributed by atoms with Crippen LogP contribution in [0.15, 0.2) is 0 Å². The summed E-state index contributed by atoms with van der Waals surface area (Å²) in [5.41, 5.74) is 0. The molecule has 0 aliphatic carbocycles. The normalized spacial score (nSPS) is 18.9. The quantitative estimate of drug-likeness (QED) is 0.309. The van der Waals surface area contributed by atoms with Gasteiger partial charge in [-0.1, -0.05) is 0 Å². The molecule has 0 unspecified atom stereocenters. The van der Waals surface area contributed by atoms with Crippen LogP contribution in [0, 0.1) is 0 Å². The minimum absolute atomic E-state index is 0.141. The van der Waals surface area contributed by atoms with Gasteiger partial charge in [-0.15, -0.1) is 0 Å². The summed E-state index contributed by atoms with van der Waals surface area (Å²) in [7, 11) is 0. The van der Waals surface area contributed by atoms with Gasteiger partial charge in [-0.3, -0.25) is 0 Å². The van der Waals surface area contributed by atoms with Crippen molar-refractivity contribution in [2.45, 2.75) is 23.9 Å². The lowest BCUT2D eigenvalue weighted by Gasteiger charge is -2.19. The Balaban J connectivity index is 3.79. The number of rotatable bonds is 5. The van der Waals surface area contributed by atoms with Gasteiger partial charge in [-0.2, -0.15) is 12.6 Å². The van der Waals surface area contributed by atoms with Crippen LogP contribution in [0.25, 0.3) is 0 Å². The summed E-state index contributed by atoms with van der Waals surface area (Å²) in [6.07, 6.45) is -1.93. The van der Waals surface area contributed by atoms with Crippen LogP contribution in [0.5, 0.6) is 0 Å². The lowest BCUT2D eigenvalue weighted by atomic mass is 10.1. The number of thiol groups is 1. The van der Waals surface area contributed by atoms with E-state index in [1.807, 2.05) is 0 Å². The summed E-state index contributed by atoms with van der Waals surface area (Å²) in [6, 6.07) is 0. The highest BCUT2D eigenvalue weighted by Gasteiger charge is 2.22. The Morgan fingerprint density at radius 3 is 2.36 bits per heavy atom. The number of carbonyl (C=O) groups is 1.